The first-order valence-corrected chi connectivity index (χ1v) is 6.39. The topological polar surface area (TPSA) is 140 Å². The van der Waals surface area contributed by atoms with Gasteiger partial charge in [-0.05, 0) is 0 Å². The zero-order valence-electron chi connectivity index (χ0n) is 11.3. The highest BCUT2D eigenvalue weighted by Crippen LogP contribution is 2.48. The van der Waals surface area contributed by atoms with Gasteiger partial charge in [-0.1, -0.05) is 0 Å². The Kier molecular flexibility index (Phi) is 3.44. The standard InChI is InChI=1S/C11H12F3N5O4/c12-11(13,14)10(7(22)6(21)4(1-20)23-10)19-3-18-5-8(15)16-2-17-9(5)19/h2-4,6-7,20-22H,1H2,(H2,15,16,17)/t4-,6-,7-,10+/m1/s1. The van der Waals surface area contributed by atoms with E-state index in [1.807, 2.05) is 0 Å². The second kappa shape index (κ2) is 4.99. The van der Waals surface area contributed by atoms with Crippen molar-refractivity contribution in [3.8, 4) is 0 Å². The number of fused-ring (bicyclic) bond motifs is 1. The summed E-state index contributed by atoms with van der Waals surface area (Å²) in [5.74, 6) is -0.155. The van der Waals surface area contributed by atoms with Crippen molar-refractivity contribution in [2.45, 2.75) is 30.2 Å². The van der Waals surface area contributed by atoms with E-state index in [9.17, 15) is 23.4 Å². The summed E-state index contributed by atoms with van der Waals surface area (Å²) in [7, 11) is 0. The molecule has 0 spiro atoms. The van der Waals surface area contributed by atoms with Crippen LogP contribution in [-0.4, -0.2) is 65.9 Å². The maximum atomic E-state index is 13.7. The Labute approximate surface area is 126 Å². The summed E-state index contributed by atoms with van der Waals surface area (Å²) in [6.45, 7) is -0.917. The molecule has 1 aliphatic rings. The minimum absolute atomic E-state index is 0.117. The maximum Gasteiger partial charge on any atom is 0.440 e. The summed E-state index contributed by atoms with van der Waals surface area (Å²) in [5.41, 5.74) is 1.72. The van der Waals surface area contributed by atoms with Crippen molar-refractivity contribution in [1.82, 2.24) is 19.5 Å². The van der Waals surface area contributed by atoms with Gasteiger partial charge in [0, 0.05) is 0 Å². The van der Waals surface area contributed by atoms with Gasteiger partial charge in [0.2, 0.25) is 0 Å². The Morgan fingerprint density at radius 3 is 2.57 bits per heavy atom. The lowest BCUT2D eigenvalue weighted by Gasteiger charge is -2.35. The average molecular weight is 335 g/mol. The van der Waals surface area contributed by atoms with Crippen LogP contribution < -0.4 is 5.73 Å². The molecule has 4 atom stereocenters. The van der Waals surface area contributed by atoms with Crippen LogP contribution in [0.2, 0.25) is 0 Å². The van der Waals surface area contributed by atoms with Crippen molar-refractivity contribution in [2.75, 3.05) is 12.3 Å². The number of imidazole rings is 1. The Bertz CT molecular complexity index is 738. The maximum absolute atomic E-state index is 13.7. The fraction of sp³-hybridized carbons (Fsp3) is 0.545. The van der Waals surface area contributed by atoms with Crippen LogP contribution in [0.25, 0.3) is 11.2 Å². The van der Waals surface area contributed by atoms with Crippen molar-refractivity contribution in [3.63, 3.8) is 0 Å². The highest BCUT2D eigenvalue weighted by molar-refractivity contribution is 5.81. The number of aliphatic hydroxyl groups excluding tert-OH is 3. The zero-order chi connectivity index (χ0) is 17.0. The second-order valence-electron chi connectivity index (χ2n) is 5.01. The van der Waals surface area contributed by atoms with Crippen LogP contribution in [0.15, 0.2) is 12.7 Å². The predicted molar refractivity (Wildman–Crippen MR) is 67.7 cm³/mol. The van der Waals surface area contributed by atoms with Crippen LogP contribution in [0.3, 0.4) is 0 Å². The van der Waals surface area contributed by atoms with E-state index in [1.54, 1.807) is 0 Å². The van der Waals surface area contributed by atoms with Crippen molar-refractivity contribution < 1.29 is 33.2 Å². The molecular formula is C11H12F3N5O4. The molecule has 1 saturated heterocycles. The molecule has 0 aromatic carbocycles. The second-order valence-corrected chi connectivity index (χ2v) is 5.01. The Hall–Kier alpha value is -2.02. The van der Waals surface area contributed by atoms with Gasteiger partial charge in [-0.25, -0.2) is 15.0 Å². The number of anilines is 1. The van der Waals surface area contributed by atoms with Gasteiger partial charge in [-0.2, -0.15) is 13.2 Å². The van der Waals surface area contributed by atoms with Crippen molar-refractivity contribution in [3.05, 3.63) is 12.7 Å². The molecule has 3 rings (SSSR count). The quantitative estimate of drug-likeness (QED) is 0.533. The highest BCUT2D eigenvalue weighted by atomic mass is 19.4. The van der Waals surface area contributed by atoms with E-state index < -0.39 is 36.8 Å². The molecular weight excluding hydrogens is 323 g/mol. The minimum Gasteiger partial charge on any atom is -0.394 e. The Morgan fingerprint density at radius 1 is 1.30 bits per heavy atom. The summed E-state index contributed by atoms with van der Waals surface area (Å²) >= 11 is 0. The molecule has 0 radical (unpaired) electrons. The summed E-state index contributed by atoms with van der Waals surface area (Å²) in [6.07, 6.45) is -9.49. The number of nitrogens with two attached hydrogens (primary N) is 1. The van der Waals surface area contributed by atoms with E-state index in [4.69, 9.17) is 15.6 Å². The van der Waals surface area contributed by atoms with Gasteiger partial charge in [-0.3, -0.25) is 4.57 Å². The van der Waals surface area contributed by atoms with Gasteiger partial charge in [0.15, 0.2) is 11.5 Å². The third-order valence-electron chi connectivity index (χ3n) is 3.74. The first-order valence-electron chi connectivity index (χ1n) is 6.39. The largest absolute Gasteiger partial charge is 0.440 e. The van der Waals surface area contributed by atoms with E-state index in [0.29, 0.717) is 4.57 Å². The number of aromatic nitrogens is 4. The fourth-order valence-electron chi connectivity index (χ4n) is 2.62. The number of halogens is 3. The molecule has 0 aliphatic carbocycles. The smallest absolute Gasteiger partial charge is 0.394 e. The van der Waals surface area contributed by atoms with Crippen molar-refractivity contribution in [1.29, 1.82) is 0 Å². The number of aliphatic hydroxyl groups is 3. The number of alkyl halides is 3. The molecule has 1 aliphatic heterocycles. The third-order valence-corrected chi connectivity index (χ3v) is 3.74. The van der Waals surface area contributed by atoms with Crippen LogP contribution in [-0.2, 0) is 10.5 Å². The number of hydrogen-bond donors (Lipinski definition) is 4. The SMILES string of the molecule is Nc1ncnc2c1ncn2[C@]1(C(F)(F)F)O[C@H](CO)[C@@H](O)[C@H]1O. The van der Waals surface area contributed by atoms with Crippen LogP contribution in [0, 0.1) is 0 Å². The van der Waals surface area contributed by atoms with E-state index in [1.165, 1.54) is 0 Å². The molecule has 23 heavy (non-hydrogen) atoms. The minimum atomic E-state index is -5.15. The lowest BCUT2D eigenvalue weighted by atomic mass is 10.0. The van der Waals surface area contributed by atoms with Crippen molar-refractivity contribution in [2.24, 2.45) is 0 Å². The average Bonchev–Trinajstić information content (AvgIpc) is 3.01. The zero-order valence-corrected chi connectivity index (χ0v) is 11.3. The van der Waals surface area contributed by atoms with Gasteiger partial charge in [-0.15, -0.1) is 0 Å². The van der Waals surface area contributed by atoms with E-state index in [2.05, 4.69) is 15.0 Å². The predicted octanol–water partition coefficient (Wildman–Crippen LogP) is -1.26. The number of hydrogen-bond acceptors (Lipinski definition) is 8. The van der Waals surface area contributed by atoms with Crippen molar-refractivity contribution >= 4 is 17.0 Å². The molecule has 9 nitrogen and oxygen atoms in total. The number of nitrogens with zero attached hydrogens (tertiary/aromatic N) is 4. The molecule has 0 unspecified atom stereocenters. The Balaban J connectivity index is 2.27. The number of rotatable bonds is 2. The monoisotopic (exact) mass is 335 g/mol. The first kappa shape index (κ1) is 15.9. The van der Waals surface area contributed by atoms with Gasteiger partial charge in [0.1, 0.15) is 30.2 Å². The molecule has 2 aromatic heterocycles. The third kappa shape index (κ3) is 1.99. The normalized spacial score (nSPS) is 31.8. The number of ether oxygens (including phenoxy) is 1. The summed E-state index contributed by atoms with van der Waals surface area (Å²) in [6, 6.07) is 0. The van der Waals surface area contributed by atoms with Crippen LogP contribution in [0.4, 0.5) is 19.0 Å². The molecule has 0 saturated carbocycles. The summed E-state index contributed by atoms with van der Waals surface area (Å²) in [5, 5.41) is 28.8. The van der Waals surface area contributed by atoms with Crippen LogP contribution >= 0.6 is 0 Å². The van der Waals surface area contributed by atoms with E-state index in [0.717, 1.165) is 12.7 Å². The van der Waals surface area contributed by atoms with Gasteiger partial charge < -0.3 is 25.8 Å². The fourth-order valence-corrected chi connectivity index (χ4v) is 2.62. The molecule has 5 N–H and O–H groups in total. The van der Waals surface area contributed by atoms with E-state index in [-0.39, 0.29) is 17.0 Å². The molecule has 3 heterocycles. The lowest BCUT2D eigenvalue weighted by Crippen LogP contribution is -2.56. The molecule has 0 amide bonds. The molecule has 2 aromatic rings. The molecule has 0 bridgehead atoms. The number of nitrogen functional groups attached to an aromatic ring is 1. The highest BCUT2D eigenvalue weighted by Gasteiger charge is 2.70. The van der Waals surface area contributed by atoms with Gasteiger partial charge in [0.05, 0.1) is 12.9 Å². The van der Waals surface area contributed by atoms with Crippen LogP contribution in [0.1, 0.15) is 0 Å². The molecule has 1 fully saturated rings. The first-order chi connectivity index (χ1) is 10.7. The molecule has 12 heteroatoms. The van der Waals surface area contributed by atoms with Crippen LogP contribution in [0.5, 0.6) is 0 Å². The van der Waals surface area contributed by atoms with Gasteiger partial charge >= 0.3 is 6.18 Å². The summed E-state index contributed by atoms with van der Waals surface area (Å²) < 4.78 is 46.5. The lowest BCUT2D eigenvalue weighted by molar-refractivity contribution is -0.330. The van der Waals surface area contributed by atoms with Gasteiger partial charge in [0.25, 0.3) is 5.72 Å². The summed E-state index contributed by atoms with van der Waals surface area (Å²) in [4.78, 5) is 11.0. The molecule has 126 valence electrons. The van der Waals surface area contributed by atoms with E-state index >= 15 is 0 Å². The Morgan fingerprint density at radius 2 is 2.00 bits per heavy atom.